The molecule has 156 valence electrons. The van der Waals surface area contributed by atoms with E-state index in [9.17, 15) is 9.59 Å². The Bertz CT molecular complexity index is 633. The van der Waals surface area contributed by atoms with Crippen LogP contribution in [0.1, 0.15) is 101 Å². The lowest BCUT2D eigenvalue weighted by Gasteiger charge is -2.27. The molecule has 7 heteroatoms. The zero-order chi connectivity index (χ0) is 19.8. The van der Waals surface area contributed by atoms with E-state index in [2.05, 4.69) is 15.5 Å². The van der Waals surface area contributed by atoms with E-state index in [-0.39, 0.29) is 18.4 Å². The van der Waals surface area contributed by atoms with Crippen molar-refractivity contribution >= 4 is 11.9 Å². The summed E-state index contributed by atoms with van der Waals surface area (Å²) in [7, 11) is 0. The maximum absolute atomic E-state index is 12.4. The zero-order valence-electron chi connectivity index (χ0n) is 16.7. The van der Waals surface area contributed by atoms with E-state index in [1.165, 1.54) is 44.9 Å². The second-order valence-corrected chi connectivity index (χ2v) is 8.46. The SMILES string of the molecule is O=C(O)CCC(CC1CCCCC1)NC(=O)CCc1nc(C2CCCC2)no1. The van der Waals surface area contributed by atoms with Crippen LogP contribution in [0.2, 0.25) is 0 Å². The van der Waals surface area contributed by atoms with Crippen molar-refractivity contribution in [2.24, 2.45) is 5.92 Å². The van der Waals surface area contributed by atoms with Crippen LogP contribution in [0.4, 0.5) is 0 Å². The summed E-state index contributed by atoms with van der Waals surface area (Å²) in [5.74, 6) is 1.43. The van der Waals surface area contributed by atoms with E-state index < -0.39 is 5.97 Å². The number of carboxylic acid groups (broad SMARTS) is 1. The summed E-state index contributed by atoms with van der Waals surface area (Å²) in [6.07, 6.45) is 13.0. The van der Waals surface area contributed by atoms with Gasteiger partial charge in [-0.3, -0.25) is 9.59 Å². The number of rotatable bonds is 10. The first-order valence-corrected chi connectivity index (χ1v) is 10.9. The predicted molar refractivity (Wildman–Crippen MR) is 104 cm³/mol. The highest BCUT2D eigenvalue weighted by Crippen LogP contribution is 2.32. The van der Waals surface area contributed by atoms with E-state index in [4.69, 9.17) is 9.63 Å². The Morgan fingerprint density at radius 3 is 2.50 bits per heavy atom. The minimum absolute atomic E-state index is 0.0631. The van der Waals surface area contributed by atoms with Crippen molar-refractivity contribution in [3.05, 3.63) is 11.7 Å². The molecule has 3 rings (SSSR count). The number of nitrogens with one attached hydrogen (secondary N) is 1. The maximum Gasteiger partial charge on any atom is 0.303 e. The van der Waals surface area contributed by atoms with Crippen molar-refractivity contribution < 1.29 is 19.2 Å². The number of carboxylic acids is 1. The molecule has 1 aromatic heterocycles. The molecule has 7 nitrogen and oxygen atoms in total. The molecule has 1 heterocycles. The van der Waals surface area contributed by atoms with Gasteiger partial charge in [0.2, 0.25) is 11.8 Å². The lowest BCUT2D eigenvalue weighted by Crippen LogP contribution is -2.37. The zero-order valence-corrected chi connectivity index (χ0v) is 16.7. The third kappa shape index (κ3) is 6.60. The van der Waals surface area contributed by atoms with Crippen LogP contribution in [0.25, 0.3) is 0 Å². The molecule has 2 saturated carbocycles. The fraction of sp³-hybridized carbons (Fsp3) is 0.810. The van der Waals surface area contributed by atoms with Gasteiger partial charge >= 0.3 is 5.97 Å². The van der Waals surface area contributed by atoms with Gasteiger partial charge in [0.05, 0.1) is 0 Å². The van der Waals surface area contributed by atoms with Crippen LogP contribution >= 0.6 is 0 Å². The van der Waals surface area contributed by atoms with Gasteiger partial charge < -0.3 is 14.9 Å². The van der Waals surface area contributed by atoms with Crippen molar-refractivity contribution in [1.82, 2.24) is 15.5 Å². The number of aliphatic carboxylic acids is 1. The molecule has 0 radical (unpaired) electrons. The molecule has 2 fully saturated rings. The second-order valence-electron chi connectivity index (χ2n) is 8.46. The Kier molecular flexibility index (Phi) is 7.86. The van der Waals surface area contributed by atoms with E-state index >= 15 is 0 Å². The van der Waals surface area contributed by atoms with Crippen LogP contribution in [0.3, 0.4) is 0 Å². The van der Waals surface area contributed by atoms with Crippen molar-refractivity contribution in [3.8, 4) is 0 Å². The number of nitrogens with zero attached hydrogens (tertiary/aromatic N) is 2. The normalized spacial score (nSPS) is 19.6. The molecular weight excluding hydrogens is 358 g/mol. The van der Waals surface area contributed by atoms with Crippen molar-refractivity contribution in [2.45, 2.75) is 102 Å². The number of amides is 1. The lowest BCUT2D eigenvalue weighted by molar-refractivity contribution is -0.137. The number of aromatic nitrogens is 2. The quantitative estimate of drug-likeness (QED) is 0.625. The van der Waals surface area contributed by atoms with E-state index in [0.717, 1.165) is 25.1 Å². The summed E-state index contributed by atoms with van der Waals surface area (Å²) < 4.78 is 5.31. The molecule has 1 aromatic rings. The number of aryl methyl sites for hydroxylation is 1. The second kappa shape index (κ2) is 10.6. The van der Waals surface area contributed by atoms with Gasteiger partial charge in [-0.2, -0.15) is 4.98 Å². The first kappa shape index (κ1) is 20.8. The van der Waals surface area contributed by atoms with Gasteiger partial charge in [0.1, 0.15) is 0 Å². The molecule has 2 aliphatic carbocycles. The highest BCUT2D eigenvalue weighted by atomic mass is 16.5. The van der Waals surface area contributed by atoms with Gasteiger partial charge in [0.25, 0.3) is 0 Å². The minimum atomic E-state index is -0.812. The minimum Gasteiger partial charge on any atom is -0.481 e. The molecule has 2 aliphatic rings. The number of hydrogen-bond acceptors (Lipinski definition) is 5. The van der Waals surface area contributed by atoms with Crippen molar-refractivity contribution in [3.63, 3.8) is 0 Å². The van der Waals surface area contributed by atoms with Crippen molar-refractivity contribution in [2.75, 3.05) is 0 Å². The Labute approximate surface area is 166 Å². The molecule has 1 amide bonds. The van der Waals surface area contributed by atoms with E-state index in [0.29, 0.717) is 37.0 Å². The molecule has 1 atom stereocenters. The Hall–Kier alpha value is -1.92. The first-order chi connectivity index (χ1) is 13.6. The molecule has 0 saturated heterocycles. The maximum atomic E-state index is 12.4. The van der Waals surface area contributed by atoms with Crippen LogP contribution in [0, 0.1) is 5.92 Å². The smallest absolute Gasteiger partial charge is 0.303 e. The average Bonchev–Trinajstić information content (AvgIpc) is 3.37. The standard InChI is InChI=1S/C21H33N3O4/c25-18(11-12-19-23-21(24-28-19)16-8-4-5-9-16)22-17(10-13-20(26)27)14-15-6-2-1-3-7-15/h15-17H,1-14H2,(H,22,25)(H,26,27). The van der Waals surface area contributed by atoms with Crippen molar-refractivity contribution in [1.29, 1.82) is 0 Å². The van der Waals surface area contributed by atoms with Crippen LogP contribution in [0.15, 0.2) is 4.52 Å². The molecule has 28 heavy (non-hydrogen) atoms. The molecular formula is C21H33N3O4. The van der Waals surface area contributed by atoms with E-state index in [1.807, 2.05) is 0 Å². The third-order valence-electron chi connectivity index (χ3n) is 6.18. The van der Waals surface area contributed by atoms with Crippen LogP contribution in [-0.4, -0.2) is 33.2 Å². The monoisotopic (exact) mass is 391 g/mol. The van der Waals surface area contributed by atoms with Crippen LogP contribution in [0.5, 0.6) is 0 Å². The predicted octanol–water partition coefficient (Wildman–Crippen LogP) is 3.98. The summed E-state index contributed by atoms with van der Waals surface area (Å²) in [5, 5.41) is 16.1. The van der Waals surface area contributed by atoms with Gasteiger partial charge in [0.15, 0.2) is 5.82 Å². The van der Waals surface area contributed by atoms with Gasteiger partial charge in [-0.15, -0.1) is 0 Å². The largest absolute Gasteiger partial charge is 0.481 e. The van der Waals surface area contributed by atoms with Crippen LogP contribution in [-0.2, 0) is 16.0 Å². The molecule has 0 aromatic carbocycles. The highest BCUT2D eigenvalue weighted by Gasteiger charge is 2.23. The summed E-state index contributed by atoms with van der Waals surface area (Å²) in [5.41, 5.74) is 0. The topological polar surface area (TPSA) is 105 Å². The Morgan fingerprint density at radius 2 is 1.79 bits per heavy atom. The van der Waals surface area contributed by atoms with E-state index in [1.54, 1.807) is 0 Å². The summed E-state index contributed by atoms with van der Waals surface area (Å²) in [4.78, 5) is 27.9. The molecule has 0 spiro atoms. The molecule has 0 bridgehead atoms. The molecule has 1 unspecified atom stereocenters. The third-order valence-corrected chi connectivity index (χ3v) is 6.18. The highest BCUT2D eigenvalue weighted by molar-refractivity contribution is 5.76. The van der Waals surface area contributed by atoms with Crippen LogP contribution < -0.4 is 5.32 Å². The fourth-order valence-corrected chi connectivity index (χ4v) is 4.61. The summed E-state index contributed by atoms with van der Waals surface area (Å²) in [6.45, 7) is 0. The molecule has 0 aliphatic heterocycles. The number of carbonyl (C=O) groups excluding carboxylic acids is 1. The summed E-state index contributed by atoms with van der Waals surface area (Å²) in [6, 6.07) is -0.0663. The molecule has 2 N–H and O–H groups in total. The van der Waals surface area contributed by atoms with Gasteiger partial charge in [-0.1, -0.05) is 50.1 Å². The Balaban J connectivity index is 1.45. The van der Waals surface area contributed by atoms with Gasteiger partial charge in [0, 0.05) is 31.2 Å². The van der Waals surface area contributed by atoms with Gasteiger partial charge in [-0.05, 0) is 31.6 Å². The summed E-state index contributed by atoms with van der Waals surface area (Å²) >= 11 is 0. The number of hydrogen-bond donors (Lipinski definition) is 2. The average molecular weight is 392 g/mol. The lowest BCUT2D eigenvalue weighted by atomic mass is 9.84. The fourth-order valence-electron chi connectivity index (χ4n) is 4.61. The first-order valence-electron chi connectivity index (χ1n) is 10.9. The number of carbonyl (C=O) groups is 2. The van der Waals surface area contributed by atoms with Gasteiger partial charge in [-0.25, -0.2) is 0 Å². The Morgan fingerprint density at radius 1 is 1.07 bits per heavy atom.